The number of aryl methyl sites for hydroxylation is 1. The van der Waals surface area contributed by atoms with Gasteiger partial charge in [0, 0.05) is 17.5 Å². The predicted molar refractivity (Wildman–Crippen MR) is 82.0 cm³/mol. The van der Waals surface area contributed by atoms with Crippen LogP contribution in [0.3, 0.4) is 0 Å². The summed E-state index contributed by atoms with van der Waals surface area (Å²) in [5.41, 5.74) is 2.28. The topological polar surface area (TPSA) is 12.0 Å². The summed E-state index contributed by atoms with van der Waals surface area (Å²) in [6, 6.07) is 3.86. The van der Waals surface area contributed by atoms with Crippen molar-refractivity contribution < 1.29 is 4.39 Å². The minimum absolute atomic E-state index is 0.199. The maximum absolute atomic E-state index is 13.4. The highest BCUT2D eigenvalue weighted by Gasteiger charge is 2.32. The van der Waals surface area contributed by atoms with E-state index in [4.69, 9.17) is 0 Å². The molecule has 1 saturated heterocycles. The normalized spacial score (nSPS) is 22.8. The first-order chi connectivity index (χ1) is 8.40. The number of thioether (sulfide) groups is 1. The van der Waals surface area contributed by atoms with Crippen molar-refractivity contribution in [2.24, 2.45) is 5.41 Å². The number of hydrogen-bond donors (Lipinski definition) is 1. The Bertz CT molecular complexity index is 448. The van der Waals surface area contributed by atoms with Gasteiger partial charge in [-0.05, 0) is 58.1 Å². The van der Waals surface area contributed by atoms with Crippen LogP contribution in [0.2, 0.25) is 0 Å². The molecule has 1 heterocycles. The molecule has 0 aromatic heterocycles. The molecule has 4 heteroatoms. The van der Waals surface area contributed by atoms with Crippen LogP contribution < -0.4 is 5.32 Å². The highest BCUT2D eigenvalue weighted by Crippen LogP contribution is 2.37. The molecule has 1 atom stereocenters. The lowest BCUT2D eigenvalue weighted by Crippen LogP contribution is -2.41. The molecular formula is C14H19BrFNS. The number of halogens is 2. The summed E-state index contributed by atoms with van der Waals surface area (Å²) in [5.74, 6) is 2.15. The van der Waals surface area contributed by atoms with Crippen molar-refractivity contribution >= 4 is 33.4 Å². The second kappa shape index (κ2) is 5.41. The molecular weight excluding hydrogens is 313 g/mol. The van der Waals surface area contributed by atoms with Crippen molar-refractivity contribution in [2.75, 3.05) is 16.8 Å². The van der Waals surface area contributed by atoms with Crippen LogP contribution in [0.5, 0.6) is 0 Å². The molecule has 1 nitrogen and oxygen atoms in total. The molecule has 1 unspecified atom stereocenters. The van der Waals surface area contributed by atoms with Gasteiger partial charge in [-0.15, -0.1) is 0 Å². The fraction of sp³-hybridized carbons (Fsp3) is 0.571. The molecule has 0 aliphatic carbocycles. The molecule has 0 spiro atoms. The summed E-state index contributed by atoms with van der Waals surface area (Å²) in [7, 11) is 0. The number of benzene rings is 1. The van der Waals surface area contributed by atoms with Crippen molar-refractivity contribution in [3.05, 3.63) is 28.0 Å². The quantitative estimate of drug-likeness (QED) is 0.832. The Balaban J connectivity index is 2.20. The third-order valence-corrected chi connectivity index (χ3v) is 5.39. The average Bonchev–Trinajstić information content (AvgIpc) is 2.28. The smallest absolute Gasteiger partial charge is 0.137 e. The zero-order valence-corrected chi connectivity index (χ0v) is 13.4. The van der Waals surface area contributed by atoms with Gasteiger partial charge in [0.2, 0.25) is 0 Å². The summed E-state index contributed by atoms with van der Waals surface area (Å²) in [6.45, 7) is 6.55. The SMILES string of the molecule is Cc1cc(F)c(Br)cc1NC1CSCCC1(C)C. The van der Waals surface area contributed by atoms with E-state index in [0.29, 0.717) is 15.9 Å². The van der Waals surface area contributed by atoms with Gasteiger partial charge in [-0.2, -0.15) is 11.8 Å². The number of nitrogens with one attached hydrogen (secondary N) is 1. The molecule has 1 aromatic rings. The molecule has 1 aliphatic heterocycles. The molecule has 0 amide bonds. The van der Waals surface area contributed by atoms with E-state index in [1.54, 1.807) is 6.07 Å². The predicted octanol–water partition coefficient (Wildman–Crippen LogP) is 4.84. The molecule has 1 aliphatic rings. The monoisotopic (exact) mass is 331 g/mol. The Morgan fingerprint density at radius 3 is 2.83 bits per heavy atom. The molecule has 100 valence electrons. The van der Waals surface area contributed by atoms with Crippen molar-refractivity contribution in [3.63, 3.8) is 0 Å². The average molecular weight is 332 g/mol. The van der Waals surface area contributed by atoms with E-state index in [-0.39, 0.29) is 5.82 Å². The van der Waals surface area contributed by atoms with E-state index in [1.165, 1.54) is 12.2 Å². The van der Waals surface area contributed by atoms with E-state index in [2.05, 4.69) is 35.1 Å². The van der Waals surface area contributed by atoms with Crippen molar-refractivity contribution in [1.29, 1.82) is 0 Å². The second-order valence-electron chi connectivity index (χ2n) is 5.59. The first kappa shape index (κ1) is 14.2. The Kier molecular flexibility index (Phi) is 4.27. The molecule has 0 bridgehead atoms. The molecule has 0 radical (unpaired) electrons. The molecule has 18 heavy (non-hydrogen) atoms. The van der Waals surface area contributed by atoms with Gasteiger partial charge in [-0.25, -0.2) is 4.39 Å². The maximum Gasteiger partial charge on any atom is 0.137 e. The first-order valence-corrected chi connectivity index (χ1v) is 8.15. The van der Waals surface area contributed by atoms with Gasteiger partial charge in [-0.3, -0.25) is 0 Å². The van der Waals surface area contributed by atoms with Crippen LogP contribution in [-0.2, 0) is 0 Å². The van der Waals surface area contributed by atoms with Crippen LogP contribution in [0.15, 0.2) is 16.6 Å². The van der Waals surface area contributed by atoms with Crippen LogP contribution in [0.25, 0.3) is 0 Å². The van der Waals surface area contributed by atoms with Crippen LogP contribution in [0.4, 0.5) is 10.1 Å². The minimum Gasteiger partial charge on any atom is -0.381 e. The summed E-state index contributed by atoms with van der Waals surface area (Å²) in [5, 5.41) is 3.59. The van der Waals surface area contributed by atoms with Crippen LogP contribution >= 0.6 is 27.7 Å². The zero-order valence-electron chi connectivity index (χ0n) is 11.0. The minimum atomic E-state index is -0.199. The number of rotatable bonds is 2. The van der Waals surface area contributed by atoms with Crippen molar-refractivity contribution in [3.8, 4) is 0 Å². The second-order valence-corrected chi connectivity index (χ2v) is 7.60. The van der Waals surface area contributed by atoms with E-state index in [9.17, 15) is 4.39 Å². The first-order valence-electron chi connectivity index (χ1n) is 6.20. The zero-order chi connectivity index (χ0) is 13.3. The third-order valence-electron chi connectivity index (χ3n) is 3.72. The highest BCUT2D eigenvalue weighted by atomic mass is 79.9. The van der Waals surface area contributed by atoms with E-state index in [1.807, 2.05) is 24.8 Å². The van der Waals surface area contributed by atoms with Gasteiger partial charge in [0.05, 0.1) is 4.47 Å². The highest BCUT2D eigenvalue weighted by molar-refractivity contribution is 9.10. The Hall–Kier alpha value is -0.220. The molecule has 2 rings (SSSR count). The van der Waals surface area contributed by atoms with Crippen molar-refractivity contribution in [1.82, 2.24) is 0 Å². The van der Waals surface area contributed by atoms with Crippen LogP contribution in [0.1, 0.15) is 25.8 Å². The fourth-order valence-electron chi connectivity index (χ4n) is 2.16. The summed E-state index contributed by atoms with van der Waals surface area (Å²) >= 11 is 5.24. The number of anilines is 1. The Labute approximate surface area is 121 Å². The van der Waals surface area contributed by atoms with Gasteiger partial charge in [0.25, 0.3) is 0 Å². The largest absolute Gasteiger partial charge is 0.381 e. The third kappa shape index (κ3) is 3.02. The summed E-state index contributed by atoms with van der Waals surface area (Å²) in [6.07, 6.45) is 1.22. The molecule has 1 aromatic carbocycles. The lowest BCUT2D eigenvalue weighted by Gasteiger charge is -2.39. The fourth-order valence-corrected chi connectivity index (χ4v) is 4.11. The van der Waals surface area contributed by atoms with Gasteiger partial charge >= 0.3 is 0 Å². The standard InChI is InChI=1S/C14H19BrFNS/c1-9-6-11(16)10(15)7-12(9)17-13-8-18-5-4-14(13,2)3/h6-7,13,17H,4-5,8H2,1-3H3. The molecule has 0 saturated carbocycles. The van der Waals surface area contributed by atoms with E-state index in [0.717, 1.165) is 17.0 Å². The molecule has 1 fully saturated rings. The molecule has 1 N–H and O–H groups in total. The lowest BCUT2D eigenvalue weighted by atomic mass is 9.82. The van der Waals surface area contributed by atoms with Gasteiger partial charge in [-0.1, -0.05) is 13.8 Å². The van der Waals surface area contributed by atoms with Gasteiger partial charge in [0.1, 0.15) is 5.82 Å². The Morgan fingerprint density at radius 1 is 1.44 bits per heavy atom. The van der Waals surface area contributed by atoms with E-state index < -0.39 is 0 Å². The summed E-state index contributed by atoms with van der Waals surface area (Å²) in [4.78, 5) is 0. The van der Waals surface area contributed by atoms with Gasteiger partial charge in [0.15, 0.2) is 0 Å². The van der Waals surface area contributed by atoms with Crippen molar-refractivity contribution in [2.45, 2.75) is 33.2 Å². The van der Waals surface area contributed by atoms with E-state index >= 15 is 0 Å². The van der Waals surface area contributed by atoms with Gasteiger partial charge < -0.3 is 5.32 Å². The lowest BCUT2D eigenvalue weighted by molar-refractivity contribution is 0.305. The van der Waals surface area contributed by atoms with Crippen LogP contribution in [0, 0.1) is 18.2 Å². The maximum atomic E-state index is 13.4. The summed E-state index contributed by atoms with van der Waals surface area (Å²) < 4.78 is 13.9. The number of hydrogen-bond acceptors (Lipinski definition) is 2. The van der Waals surface area contributed by atoms with Crippen LogP contribution in [-0.4, -0.2) is 17.5 Å². The Morgan fingerprint density at radius 2 is 2.17 bits per heavy atom.